The van der Waals surface area contributed by atoms with Gasteiger partial charge in [0.15, 0.2) is 0 Å². The molecule has 27 heavy (non-hydrogen) atoms. The van der Waals surface area contributed by atoms with Gasteiger partial charge in [-0.05, 0) is 30.7 Å². The van der Waals surface area contributed by atoms with E-state index in [2.05, 4.69) is 5.32 Å². The highest BCUT2D eigenvalue weighted by molar-refractivity contribution is 8.00. The van der Waals surface area contributed by atoms with Crippen LogP contribution >= 0.6 is 23.1 Å². The molecule has 1 amide bonds. The molecule has 0 aliphatic rings. The number of hydrogen-bond acceptors (Lipinski definition) is 5. The molecule has 1 N–H and O–H groups in total. The van der Waals surface area contributed by atoms with Gasteiger partial charge < -0.3 is 10.1 Å². The van der Waals surface area contributed by atoms with Crippen LogP contribution in [0, 0.1) is 6.92 Å². The van der Waals surface area contributed by atoms with E-state index in [0.717, 1.165) is 15.3 Å². The van der Waals surface area contributed by atoms with E-state index in [1.54, 1.807) is 0 Å². The van der Waals surface area contributed by atoms with Crippen LogP contribution in [0.5, 0.6) is 0 Å². The minimum atomic E-state index is -0.455. The number of ether oxygens (including phenoxy) is 1. The fourth-order valence-corrected chi connectivity index (χ4v) is 4.18. The number of thiophene rings is 1. The lowest BCUT2D eigenvalue weighted by Crippen LogP contribution is -2.15. The van der Waals surface area contributed by atoms with Gasteiger partial charge in [0.05, 0.1) is 18.6 Å². The summed E-state index contributed by atoms with van der Waals surface area (Å²) in [6.07, 6.45) is 0. The van der Waals surface area contributed by atoms with Crippen LogP contribution in [0.3, 0.4) is 0 Å². The van der Waals surface area contributed by atoms with Crippen molar-refractivity contribution in [2.75, 3.05) is 18.2 Å². The maximum Gasteiger partial charge on any atom is 0.350 e. The summed E-state index contributed by atoms with van der Waals surface area (Å²) in [5.41, 5.74) is 2.65. The third-order valence-electron chi connectivity index (χ3n) is 3.83. The molecule has 0 unspecified atom stereocenters. The van der Waals surface area contributed by atoms with Gasteiger partial charge in [-0.25, -0.2) is 4.79 Å². The summed E-state index contributed by atoms with van der Waals surface area (Å²) in [4.78, 5) is 26.8. The van der Waals surface area contributed by atoms with Gasteiger partial charge in [-0.15, -0.1) is 23.1 Å². The van der Waals surface area contributed by atoms with Gasteiger partial charge in [0.25, 0.3) is 0 Å². The summed E-state index contributed by atoms with van der Waals surface area (Å²) in [5.74, 6) is -0.355. The lowest BCUT2D eigenvalue weighted by atomic mass is 10.2. The first kappa shape index (κ1) is 19.2. The number of amides is 1. The van der Waals surface area contributed by atoms with Crippen molar-refractivity contribution in [2.45, 2.75) is 11.8 Å². The highest BCUT2D eigenvalue weighted by atomic mass is 32.2. The first-order chi connectivity index (χ1) is 13.1. The fraction of sp³-hybridized carbons (Fsp3) is 0.143. The summed E-state index contributed by atoms with van der Waals surface area (Å²) < 4.78 is 4.86. The van der Waals surface area contributed by atoms with Crippen molar-refractivity contribution in [3.05, 3.63) is 71.1 Å². The minimum absolute atomic E-state index is 0.164. The van der Waals surface area contributed by atoms with Crippen molar-refractivity contribution >= 4 is 40.7 Å². The van der Waals surface area contributed by atoms with E-state index in [-0.39, 0.29) is 11.7 Å². The number of carbonyl (C=O) groups is 2. The largest absolute Gasteiger partial charge is 0.465 e. The molecule has 1 aromatic heterocycles. The number of aryl methyl sites for hydroxylation is 1. The number of anilines is 1. The Morgan fingerprint density at radius 3 is 2.44 bits per heavy atom. The molecule has 0 radical (unpaired) electrons. The van der Waals surface area contributed by atoms with Crippen LogP contribution in [0.25, 0.3) is 10.4 Å². The van der Waals surface area contributed by atoms with Crippen molar-refractivity contribution in [3.8, 4) is 10.4 Å². The van der Waals surface area contributed by atoms with Crippen molar-refractivity contribution < 1.29 is 14.3 Å². The number of methoxy groups -OCH3 is 1. The second-order valence-corrected chi connectivity index (χ2v) is 7.96. The van der Waals surface area contributed by atoms with Gasteiger partial charge >= 0.3 is 5.97 Å². The molecule has 3 rings (SSSR count). The number of rotatable bonds is 6. The Labute approximate surface area is 166 Å². The Balaban J connectivity index is 1.74. The smallest absolute Gasteiger partial charge is 0.350 e. The maximum absolute atomic E-state index is 12.4. The van der Waals surface area contributed by atoms with Gasteiger partial charge in [-0.3, -0.25) is 4.79 Å². The normalized spacial score (nSPS) is 10.4. The summed E-state index contributed by atoms with van der Waals surface area (Å²) in [5, 5.41) is 2.85. The van der Waals surface area contributed by atoms with Crippen LogP contribution in [0.2, 0.25) is 0 Å². The van der Waals surface area contributed by atoms with Gasteiger partial charge in [-0.1, -0.05) is 48.0 Å². The Kier molecular flexibility index (Phi) is 6.32. The van der Waals surface area contributed by atoms with E-state index in [4.69, 9.17) is 4.74 Å². The molecule has 6 heteroatoms. The van der Waals surface area contributed by atoms with Crippen molar-refractivity contribution in [2.24, 2.45) is 0 Å². The Bertz CT molecular complexity index is 934. The summed E-state index contributed by atoms with van der Waals surface area (Å²) in [6.45, 7) is 2.02. The van der Waals surface area contributed by atoms with Gasteiger partial charge in [0.2, 0.25) is 5.91 Å². The topological polar surface area (TPSA) is 55.4 Å². The van der Waals surface area contributed by atoms with Crippen LogP contribution in [-0.2, 0) is 9.53 Å². The number of carbonyl (C=O) groups excluding carboxylic acids is 2. The third kappa shape index (κ3) is 4.99. The van der Waals surface area contributed by atoms with E-state index in [1.807, 2.05) is 67.6 Å². The fourth-order valence-electron chi connectivity index (χ4n) is 2.44. The molecular formula is C21H19NO3S2. The van der Waals surface area contributed by atoms with E-state index >= 15 is 0 Å². The van der Waals surface area contributed by atoms with Crippen LogP contribution in [0.4, 0.5) is 5.69 Å². The lowest BCUT2D eigenvalue weighted by Gasteiger charge is -2.05. The van der Waals surface area contributed by atoms with Crippen LogP contribution in [0.1, 0.15) is 15.2 Å². The maximum atomic E-state index is 12.4. The Hall–Kier alpha value is -2.57. The average Bonchev–Trinajstić information content (AvgIpc) is 3.11. The first-order valence-electron chi connectivity index (χ1n) is 8.33. The molecule has 0 spiro atoms. The van der Waals surface area contributed by atoms with Crippen molar-refractivity contribution in [1.82, 2.24) is 0 Å². The molecule has 4 nitrogen and oxygen atoms in total. The zero-order valence-corrected chi connectivity index (χ0v) is 16.7. The highest BCUT2D eigenvalue weighted by Crippen LogP contribution is 2.35. The number of thioether (sulfide) groups is 1. The molecule has 3 aromatic rings. The van der Waals surface area contributed by atoms with Crippen LogP contribution in [-0.4, -0.2) is 24.7 Å². The molecule has 0 atom stereocenters. The van der Waals surface area contributed by atoms with E-state index < -0.39 is 5.97 Å². The summed E-state index contributed by atoms with van der Waals surface area (Å²) >= 11 is 2.76. The zero-order valence-electron chi connectivity index (χ0n) is 15.0. The summed E-state index contributed by atoms with van der Waals surface area (Å²) in [7, 11) is 1.34. The molecule has 1 heterocycles. The van der Waals surface area contributed by atoms with Crippen molar-refractivity contribution in [3.63, 3.8) is 0 Å². The molecule has 2 aromatic carbocycles. The second kappa shape index (κ2) is 8.88. The third-order valence-corrected chi connectivity index (χ3v) is 6.00. The predicted octanol–water partition coefficient (Wildman–Crippen LogP) is 5.24. The second-order valence-electron chi connectivity index (χ2n) is 5.86. The molecule has 0 aliphatic heterocycles. The van der Waals surface area contributed by atoms with Crippen molar-refractivity contribution in [1.29, 1.82) is 0 Å². The molecule has 0 saturated carbocycles. The number of esters is 1. The quantitative estimate of drug-likeness (QED) is 0.456. The highest BCUT2D eigenvalue weighted by Gasteiger charge is 2.19. The molecule has 138 valence electrons. The van der Waals surface area contributed by atoms with Crippen LogP contribution in [0.15, 0.2) is 65.6 Å². The minimum Gasteiger partial charge on any atom is -0.465 e. The van der Waals surface area contributed by atoms with Crippen LogP contribution < -0.4 is 5.32 Å². The number of hydrogen-bond donors (Lipinski definition) is 1. The average molecular weight is 398 g/mol. The van der Waals surface area contributed by atoms with E-state index in [0.29, 0.717) is 10.6 Å². The monoisotopic (exact) mass is 397 g/mol. The number of nitrogens with one attached hydrogen (secondary N) is 1. The van der Waals surface area contributed by atoms with E-state index in [9.17, 15) is 9.59 Å². The first-order valence-corrected chi connectivity index (χ1v) is 10.1. The zero-order chi connectivity index (χ0) is 19.2. The predicted molar refractivity (Wildman–Crippen MR) is 112 cm³/mol. The molecular weight excluding hydrogens is 378 g/mol. The molecule has 0 fully saturated rings. The van der Waals surface area contributed by atoms with Gasteiger partial charge in [0, 0.05) is 9.77 Å². The lowest BCUT2D eigenvalue weighted by molar-refractivity contribution is -0.113. The standard InChI is InChI=1S/C21H19NO3S2/c1-14-8-10-16(11-9-14)26-13-19(23)22-17-12-18(15-6-4-3-5-7-15)27-20(17)21(24)25-2/h3-12H,13H2,1-2H3,(H,22,23). The SMILES string of the molecule is COC(=O)c1sc(-c2ccccc2)cc1NC(=O)CSc1ccc(C)cc1. The Morgan fingerprint density at radius 1 is 1.07 bits per heavy atom. The molecule has 0 aliphatic carbocycles. The number of benzene rings is 2. The Morgan fingerprint density at radius 2 is 1.78 bits per heavy atom. The molecule has 0 saturated heterocycles. The van der Waals surface area contributed by atoms with Gasteiger partial charge in [0.1, 0.15) is 4.88 Å². The summed E-state index contributed by atoms with van der Waals surface area (Å²) in [6, 6.07) is 19.6. The molecule has 0 bridgehead atoms. The van der Waals surface area contributed by atoms with Gasteiger partial charge in [-0.2, -0.15) is 0 Å². The van der Waals surface area contributed by atoms with E-state index in [1.165, 1.54) is 35.8 Å².